The lowest BCUT2D eigenvalue weighted by atomic mass is 10.1. The highest BCUT2D eigenvalue weighted by molar-refractivity contribution is 5.39. The molecule has 0 saturated carbocycles. The Balaban J connectivity index is 1.83. The van der Waals surface area contributed by atoms with Gasteiger partial charge in [-0.3, -0.25) is 0 Å². The van der Waals surface area contributed by atoms with Gasteiger partial charge in [0.2, 0.25) is 0 Å². The molecule has 1 fully saturated rings. The molecule has 1 atom stereocenters. The third-order valence-corrected chi connectivity index (χ3v) is 3.66. The molecule has 1 aromatic rings. The molecule has 18 heavy (non-hydrogen) atoms. The number of phenolic OH excluding ortho intramolecular Hbond substituents is 1. The molecule has 1 saturated heterocycles. The fraction of sp³-hybridized carbons (Fsp3) is 0.571. The Kier molecular flexibility index (Phi) is 4.44. The largest absolute Gasteiger partial charge is 0.507 e. The number of likely N-dealkylation sites (N-methyl/N-ethyl adjacent to an activating group) is 1. The number of aromatic hydroxyl groups is 1. The standard InChI is InChI=1S/C14H22N2O2/c1-16-7-3-4-12(16)10-15-9-11-5-6-13(18-2)8-14(11)17/h5-6,8,12,15,17H,3-4,7,9-10H2,1-2H3. The molecule has 1 aromatic carbocycles. The van der Waals surface area contributed by atoms with Crippen LogP contribution in [0.4, 0.5) is 0 Å². The van der Waals surface area contributed by atoms with Gasteiger partial charge in [0.1, 0.15) is 11.5 Å². The molecule has 100 valence electrons. The molecular weight excluding hydrogens is 228 g/mol. The second kappa shape index (κ2) is 6.07. The fourth-order valence-electron chi connectivity index (χ4n) is 2.43. The summed E-state index contributed by atoms with van der Waals surface area (Å²) < 4.78 is 5.06. The van der Waals surface area contributed by atoms with Gasteiger partial charge in [0.05, 0.1) is 7.11 Å². The van der Waals surface area contributed by atoms with Crippen LogP contribution in [-0.2, 0) is 6.54 Å². The number of benzene rings is 1. The van der Waals surface area contributed by atoms with Crippen molar-refractivity contribution in [2.45, 2.75) is 25.4 Å². The number of hydrogen-bond donors (Lipinski definition) is 2. The van der Waals surface area contributed by atoms with Gasteiger partial charge in [-0.2, -0.15) is 0 Å². The zero-order valence-electron chi connectivity index (χ0n) is 11.1. The fourth-order valence-corrected chi connectivity index (χ4v) is 2.43. The lowest BCUT2D eigenvalue weighted by molar-refractivity contribution is 0.299. The van der Waals surface area contributed by atoms with Crippen molar-refractivity contribution in [1.82, 2.24) is 10.2 Å². The summed E-state index contributed by atoms with van der Waals surface area (Å²) in [6, 6.07) is 6.06. The van der Waals surface area contributed by atoms with E-state index in [0.717, 1.165) is 12.1 Å². The highest BCUT2D eigenvalue weighted by Crippen LogP contribution is 2.23. The smallest absolute Gasteiger partial charge is 0.123 e. The van der Waals surface area contributed by atoms with Crippen LogP contribution in [0.1, 0.15) is 18.4 Å². The molecule has 0 bridgehead atoms. The average Bonchev–Trinajstić information content (AvgIpc) is 2.77. The molecule has 1 heterocycles. The molecule has 2 rings (SSSR count). The first-order valence-corrected chi connectivity index (χ1v) is 6.47. The first kappa shape index (κ1) is 13.2. The summed E-state index contributed by atoms with van der Waals surface area (Å²) in [5.41, 5.74) is 0.913. The summed E-state index contributed by atoms with van der Waals surface area (Å²) in [6.45, 7) is 2.86. The van der Waals surface area contributed by atoms with Crippen LogP contribution >= 0.6 is 0 Å². The van der Waals surface area contributed by atoms with Crippen molar-refractivity contribution in [3.63, 3.8) is 0 Å². The molecule has 0 amide bonds. The van der Waals surface area contributed by atoms with Gasteiger partial charge in [0.25, 0.3) is 0 Å². The molecular formula is C14H22N2O2. The Labute approximate surface area is 109 Å². The van der Waals surface area contributed by atoms with E-state index < -0.39 is 0 Å². The van der Waals surface area contributed by atoms with Crippen molar-refractivity contribution >= 4 is 0 Å². The van der Waals surface area contributed by atoms with E-state index in [1.165, 1.54) is 19.4 Å². The normalized spacial score (nSPS) is 20.2. The highest BCUT2D eigenvalue weighted by atomic mass is 16.5. The number of rotatable bonds is 5. The van der Waals surface area contributed by atoms with Crippen LogP contribution in [0, 0.1) is 0 Å². The van der Waals surface area contributed by atoms with E-state index >= 15 is 0 Å². The SMILES string of the molecule is COc1ccc(CNCC2CCCN2C)c(O)c1. The number of phenols is 1. The lowest BCUT2D eigenvalue weighted by Crippen LogP contribution is -2.35. The minimum atomic E-state index is 0.293. The molecule has 1 aliphatic heterocycles. The van der Waals surface area contributed by atoms with Crippen molar-refractivity contribution in [2.75, 3.05) is 27.2 Å². The van der Waals surface area contributed by atoms with Crippen LogP contribution in [0.3, 0.4) is 0 Å². The maximum Gasteiger partial charge on any atom is 0.123 e. The number of methoxy groups -OCH3 is 1. The first-order chi connectivity index (χ1) is 8.70. The maximum atomic E-state index is 9.84. The van der Waals surface area contributed by atoms with E-state index in [0.29, 0.717) is 24.1 Å². The molecule has 0 aliphatic carbocycles. The van der Waals surface area contributed by atoms with Crippen molar-refractivity contribution in [3.8, 4) is 11.5 Å². The van der Waals surface area contributed by atoms with Crippen molar-refractivity contribution in [3.05, 3.63) is 23.8 Å². The van der Waals surface area contributed by atoms with E-state index in [-0.39, 0.29) is 0 Å². The molecule has 1 aliphatic rings. The quantitative estimate of drug-likeness (QED) is 0.833. The summed E-state index contributed by atoms with van der Waals surface area (Å²) in [5, 5.41) is 13.2. The molecule has 1 unspecified atom stereocenters. The Hall–Kier alpha value is -1.26. The minimum absolute atomic E-state index is 0.293. The Morgan fingerprint density at radius 1 is 1.50 bits per heavy atom. The van der Waals surface area contributed by atoms with Crippen LogP contribution in [0.15, 0.2) is 18.2 Å². The van der Waals surface area contributed by atoms with Crippen LogP contribution in [0.5, 0.6) is 11.5 Å². The summed E-state index contributed by atoms with van der Waals surface area (Å²) in [7, 11) is 3.77. The zero-order valence-corrected chi connectivity index (χ0v) is 11.1. The average molecular weight is 250 g/mol. The topological polar surface area (TPSA) is 44.7 Å². The third-order valence-electron chi connectivity index (χ3n) is 3.66. The van der Waals surface area contributed by atoms with Crippen molar-refractivity contribution < 1.29 is 9.84 Å². The van der Waals surface area contributed by atoms with E-state index in [1.807, 2.05) is 12.1 Å². The Bertz CT molecular complexity index is 395. The highest BCUT2D eigenvalue weighted by Gasteiger charge is 2.19. The van der Waals surface area contributed by atoms with Crippen LogP contribution < -0.4 is 10.1 Å². The predicted octanol–water partition coefficient (Wildman–Crippen LogP) is 1.58. The van der Waals surface area contributed by atoms with Crippen LogP contribution in [-0.4, -0.2) is 43.3 Å². The van der Waals surface area contributed by atoms with Crippen LogP contribution in [0.2, 0.25) is 0 Å². The van der Waals surface area contributed by atoms with Crippen LogP contribution in [0.25, 0.3) is 0 Å². The van der Waals surface area contributed by atoms with Gasteiger partial charge < -0.3 is 20.1 Å². The van der Waals surface area contributed by atoms with E-state index in [1.54, 1.807) is 13.2 Å². The van der Waals surface area contributed by atoms with Crippen molar-refractivity contribution in [1.29, 1.82) is 0 Å². The van der Waals surface area contributed by atoms with Gasteiger partial charge in [-0.1, -0.05) is 6.07 Å². The Morgan fingerprint density at radius 3 is 2.94 bits per heavy atom. The van der Waals surface area contributed by atoms with E-state index in [2.05, 4.69) is 17.3 Å². The summed E-state index contributed by atoms with van der Waals surface area (Å²) >= 11 is 0. The van der Waals surface area contributed by atoms with E-state index in [4.69, 9.17) is 4.74 Å². The number of hydrogen-bond acceptors (Lipinski definition) is 4. The van der Waals surface area contributed by atoms with Gasteiger partial charge in [-0.15, -0.1) is 0 Å². The number of nitrogens with one attached hydrogen (secondary N) is 1. The van der Waals surface area contributed by atoms with Gasteiger partial charge in [0, 0.05) is 30.8 Å². The lowest BCUT2D eigenvalue weighted by Gasteiger charge is -2.19. The van der Waals surface area contributed by atoms with Gasteiger partial charge in [-0.25, -0.2) is 0 Å². The summed E-state index contributed by atoms with van der Waals surface area (Å²) in [6.07, 6.45) is 2.55. The van der Waals surface area contributed by atoms with Gasteiger partial charge in [-0.05, 0) is 32.5 Å². The molecule has 4 heteroatoms. The molecule has 2 N–H and O–H groups in total. The second-order valence-electron chi connectivity index (χ2n) is 4.90. The molecule has 4 nitrogen and oxygen atoms in total. The molecule has 0 spiro atoms. The number of nitrogens with zero attached hydrogens (tertiary/aromatic N) is 1. The van der Waals surface area contributed by atoms with Crippen molar-refractivity contribution in [2.24, 2.45) is 0 Å². The minimum Gasteiger partial charge on any atom is -0.507 e. The molecule has 0 aromatic heterocycles. The Morgan fingerprint density at radius 2 is 2.33 bits per heavy atom. The summed E-state index contributed by atoms with van der Waals surface area (Å²) in [4.78, 5) is 2.39. The zero-order chi connectivity index (χ0) is 13.0. The third kappa shape index (κ3) is 3.15. The number of ether oxygens (including phenoxy) is 1. The van der Waals surface area contributed by atoms with Gasteiger partial charge in [0.15, 0.2) is 0 Å². The predicted molar refractivity (Wildman–Crippen MR) is 72.0 cm³/mol. The second-order valence-corrected chi connectivity index (χ2v) is 4.90. The number of likely N-dealkylation sites (tertiary alicyclic amines) is 1. The first-order valence-electron chi connectivity index (χ1n) is 6.47. The van der Waals surface area contributed by atoms with E-state index in [9.17, 15) is 5.11 Å². The van der Waals surface area contributed by atoms with Gasteiger partial charge >= 0.3 is 0 Å². The maximum absolute atomic E-state index is 9.84. The monoisotopic (exact) mass is 250 g/mol. The summed E-state index contributed by atoms with van der Waals surface area (Å²) in [5.74, 6) is 0.980. The molecule has 0 radical (unpaired) electrons.